The molecule has 8 nitrogen and oxygen atoms in total. The zero-order valence-corrected chi connectivity index (χ0v) is 26.0. The number of rotatable bonds is 6. The number of amides is 3. The average Bonchev–Trinajstić information content (AvgIpc) is 3.47. The third kappa shape index (κ3) is 5.67. The Morgan fingerprint density at radius 1 is 1.05 bits per heavy atom. The van der Waals surface area contributed by atoms with E-state index in [9.17, 15) is 32.3 Å². The Hall–Kier alpha value is -3.59. The molecule has 0 saturated carbocycles. The number of anilines is 2. The molecule has 2 aliphatic heterocycles. The van der Waals surface area contributed by atoms with E-state index in [2.05, 4.69) is 26.2 Å². The fourth-order valence-corrected chi connectivity index (χ4v) is 8.28. The highest BCUT2D eigenvalue weighted by atomic mass is 79.9. The number of hydrogen-bond donors (Lipinski definition) is 2. The molecule has 0 bridgehead atoms. The highest BCUT2D eigenvalue weighted by molar-refractivity contribution is 9.10. The van der Waals surface area contributed by atoms with E-state index in [1.807, 2.05) is 0 Å². The average molecular weight is 725 g/mol. The van der Waals surface area contributed by atoms with Gasteiger partial charge in [-0.05, 0) is 54.6 Å². The summed E-state index contributed by atoms with van der Waals surface area (Å²) < 4.78 is 48.3. The summed E-state index contributed by atoms with van der Waals surface area (Å²) in [5.74, 6) is -4.10. The number of thioether (sulfide) groups is 1. The van der Waals surface area contributed by atoms with E-state index >= 15 is 0 Å². The number of aromatic nitrogens is 1. The molecule has 1 aromatic heterocycles. The first-order chi connectivity index (χ1) is 20.9. The smallest absolute Gasteiger partial charge is 0.418 e. The first-order valence-electron chi connectivity index (χ1n) is 12.8. The van der Waals surface area contributed by atoms with Crippen molar-refractivity contribution >= 4 is 79.7 Å². The van der Waals surface area contributed by atoms with Crippen molar-refractivity contribution in [2.45, 2.75) is 22.4 Å². The van der Waals surface area contributed by atoms with E-state index in [4.69, 9.17) is 16.3 Å². The van der Waals surface area contributed by atoms with Crippen molar-refractivity contribution in [1.82, 2.24) is 4.98 Å². The summed E-state index contributed by atoms with van der Waals surface area (Å²) in [6.07, 6.45) is -4.82. The number of hydrogen-bond acceptors (Lipinski definition) is 7. The van der Waals surface area contributed by atoms with Gasteiger partial charge in [0.2, 0.25) is 11.8 Å². The topological polar surface area (TPSA) is 109 Å². The molecule has 15 heteroatoms. The van der Waals surface area contributed by atoms with Gasteiger partial charge in [0.1, 0.15) is 11.0 Å². The van der Waals surface area contributed by atoms with Crippen molar-refractivity contribution in [2.75, 3.05) is 16.8 Å². The van der Waals surface area contributed by atoms with Crippen LogP contribution < -0.4 is 19.8 Å². The standard InChI is InChI=1S/C29H18BrClF3N3O5S2/c30-13-5-10-19(42-12-20(38)35-15-8-6-14(31)7-9-15)16(11-13)21-22-24(43-25-23(21)44-28(41)36-25)27(40)37(26(22)39)18-4-2-1-3-17(18)29(32,33)34/h1-11,21-22,24H,12H2,(H,35,38)(H,36,41)/t21-,22-,24+/m0/s1. The van der Waals surface area contributed by atoms with Gasteiger partial charge in [0.15, 0.2) is 6.61 Å². The summed E-state index contributed by atoms with van der Waals surface area (Å²) in [6, 6.07) is 15.7. The fourth-order valence-electron chi connectivity index (χ4n) is 5.27. The number of ether oxygens (including phenoxy) is 1. The third-order valence-corrected chi connectivity index (χ3v) is 10.2. The first kappa shape index (κ1) is 30.4. The Morgan fingerprint density at radius 2 is 1.77 bits per heavy atom. The SMILES string of the molecule is O=C(COc1ccc(Br)cc1[C@@H]1c2sc(=O)[nH]c2S[C@H]2C(=O)N(c3ccccc3C(F)(F)F)C(=O)[C@@H]12)Nc1ccc(Cl)cc1. The van der Waals surface area contributed by atoms with E-state index in [0.717, 1.165) is 35.2 Å². The number of halogens is 5. The molecule has 2 N–H and O–H groups in total. The summed E-state index contributed by atoms with van der Waals surface area (Å²) in [7, 11) is 0. The van der Waals surface area contributed by atoms with Gasteiger partial charge in [-0.15, -0.1) is 0 Å². The molecule has 0 radical (unpaired) electrons. The summed E-state index contributed by atoms with van der Waals surface area (Å²) in [5, 5.41) is 2.38. The molecule has 1 fully saturated rings. The highest BCUT2D eigenvalue weighted by Gasteiger charge is 2.57. The Morgan fingerprint density at radius 3 is 2.50 bits per heavy atom. The molecule has 3 atom stereocenters. The minimum Gasteiger partial charge on any atom is -0.483 e. The van der Waals surface area contributed by atoms with Gasteiger partial charge in [-0.3, -0.25) is 19.2 Å². The van der Waals surface area contributed by atoms with Crippen LogP contribution >= 0.6 is 50.6 Å². The van der Waals surface area contributed by atoms with Gasteiger partial charge in [-0.25, -0.2) is 4.90 Å². The quantitative estimate of drug-likeness (QED) is 0.215. The van der Waals surface area contributed by atoms with E-state index in [1.165, 1.54) is 12.1 Å². The number of alkyl halides is 3. The third-order valence-electron chi connectivity index (χ3n) is 7.07. The molecule has 0 aliphatic carbocycles. The van der Waals surface area contributed by atoms with Crippen LogP contribution in [0.15, 0.2) is 81.0 Å². The van der Waals surface area contributed by atoms with Gasteiger partial charge in [-0.1, -0.05) is 62.8 Å². The number of para-hydroxylation sites is 1. The second-order valence-electron chi connectivity index (χ2n) is 9.80. The van der Waals surface area contributed by atoms with Crippen molar-refractivity contribution in [3.05, 3.63) is 102 Å². The van der Waals surface area contributed by atoms with Crippen molar-refractivity contribution in [1.29, 1.82) is 0 Å². The van der Waals surface area contributed by atoms with Gasteiger partial charge in [0.25, 0.3) is 5.91 Å². The number of thiazole rings is 1. The molecule has 4 aromatic rings. The maximum absolute atomic E-state index is 14.0. The summed E-state index contributed by atoms with van der Waals surface area (Å²) in [5.41, 5.74) is -0.826. The van der Waals surface area contributed by atoms with Crippen LogP contribution in [0.5, 0.6) is 5.75 Å². The largest absolute Gasteiger partial charge is 0.483 e. The van der Waals surface area contributed by atoms with E-state index < -0.39 is 63.7 Å². The van der Waals surface area contributed by atoms with Gasteiger partial charge < -0.3 is 15.0 Å². The molecule has 226 valence electrons. The predicted octanol–water partition coefficient (Wildman–Crippen LogP) is 6.68. The van der Waals surface area contributed by atoms with Crippen molar-refractivity contribution in [3.63, 3.8) is 0 Å². The second kappa shape index (κ2) is 11.7. The monoisotopic (exact) mass is 723 g/mol. The number of carbonyl (C=O) groups is 3. The van der Waals surface area contributed by atoms with Gasteiger partial charge in [0, 0.05) is 31.5 Å². The predicted molar refractivity (Wildman–Crippen MR) is 164 cm³/mol. The van der Waals surface area contributed by atoms with Crippen molar-refractivity contribution in [3.8, 4) is 5.75 Å². The van der Waals surface area contributed by atoms with Crippen LogP contribution in [0.2, 0.25) is 5.02 Å². The highest BCUT2D eigenvalue weighted by Crippen LogP contribution is 2.55. The Labute approximate surface area is 268 Å². The molecule has 3 amide bonds. The number of aromatic amines is 1. The first-order valence-corrected chi connectivity index (χ1v) is 15.7. The Balaban J connectivity index is 1.38. The summed E-state index contributed by atoms with van der Waals surface area (Å²) in [6.45, 7) is -0.430. The molecule has 3 heterocycles. The zero-order valence-electron chi connectivity index (χ0n) is 22.0. The van der Waals surface area contributed by atoms with Crippen LogP contribution in [0.3, 0.4) is 0 Å². The fraction of sp³-hybridized carbons (Fsp3) is 0.172. The van der Waals surface area contributed by atoms with Crippen LogP contribution in [0, 0.1) is 5.92 Å². The molecule has 0 unspecified atom stereocenters. The van der Waals surface area contributed by atoms with E-state index in [1.54, 1.807) is 42.5 Å². The van der Waals surface area contributed by atoms with Crippen LogP contribution in [0.4, 0.5) is 24.5 Å². The molecule has 6 rings (SSSR count). The molecule has 0 spiro atoms. The lowest BCUT2D eigenvalue weighted by atomic mass is 9.82. The Bertz CT molecular complexity index is 1860. The van der Waals surface area contributed by atoms with Crippen LogP contribution in [-0.4, -0.2) is 34.6 Å². The zero-order chi connectivity index (χ0) is 31.3. The lowest BCUT2D eigenvalue weighted by molar-refractivity contribution is -0.137. The molecule has 3 aromatic carbocycles. The summed E-state index contributed by atoms with van der Waals surface area (Å²) >= 11 is 11.1. The number of imide groups is 1. The van der Waals surface area contributed by atoms with Crippen LogP contribution in [-0.2, 0) is 20.6 Å². The van der Waals surface area contributed by atoms with Crippen molar-refractivity contribution < 1.29 is 32.3 Å². The van der Waals surface area contributed by atoms with Crippen LogP contribution in [0.25, 0.3) is 0 Å². The lowest BCUT2D eigenvalue weighted by Gasteiger charge is -2.31. The van der Waals surface area contributed by atoms with Gasteiger partial charge >= 0.3 is 11.0 Å². The molecule has 2 aliphatic rings. The second-order valence-corrected chi connectivity index (χ2v) is 13.3. The van der Waals surface area contributed by atoms with E-state index in [-0.39, 0.29) is 5.75 Å². The van der Waals surface area contributed by atoms with E-state index in [0.29, 0.717) is 35.5 Å². The van der Waals surface area contributed by atoms with Crippen LogP contribution in [0.1, 0.15) is 21.9 Å². The van der Waals surface area contributed by atoms with Gasteiger partial charge in [0.05, 0.1) is 22.2 Å². The maximum atomic E-state index is 14.0. The summed E-state index contributed by atoms with van der Waals surface area (Å²) in [4.78, 5) is 56.2. The number of fused-ring (bicyclic) bond motifs is 2. The molecule has 1 saturated heterocycles. The minimum atomic E-state index is -4.82. The van der Waals surface area contributed by atoms with Crippen molar-refractivity contribution in [2.24, 2.45) is 5.92 Å². The number of benzene rings is 3. The van der Waals surface area contributed by atoms with Gasteiger partial charge in [-0.2, -0.15) is 13.2 Å². The lowest BCUT2D eigenvalue weighted by Crippen LogP contribution is -2.33. The minimum absolute atomic E-state index is 0.191. The number of H-pyrrole nitrogens is 1. The normalized spacial score (nSPS) is 19.5. The molecular weight excluding hydrogens is 707 g/mol. The Kier molecular flexibility index (Phi) is 8.11. The number of nitrogens with one attached hydrogen (secondary N) is 2. The maximum Gasteiger partial charge on any atom is 0.418 e. The number of nitrogens with zero attached hydrogens (tertiary/aromatic N) is 1. The molecule has 44 heavy (non-hydrogen) atoms. The number of carbonyl (C=O) groups excluding carboxylic acids is 3. The molecular formula is C29H18BrClF3N3O5S2.